The topological polar surface area (TPSA) is 75.0 Å². The minimum Gasteiger partial charge on any atom is -0.497 e. The van der Waals surface area contributed by atoms with E-state index in [2.05, 4.69) is 10.3 Å². The molecular formula is C20H17N3O2S. The number of hydrogen-bond acceptors (Lipinski definition) is 5. The number of fused-ring (bicyclic) bond motifs is 1. The second-order valence-corrected chi connectivity index (χ2v) is 6.80. The second-order valence-electron chi connectivity index (χ2n) is 5.77. The maximum atomic E-state index is 12.4. The lowest BCUT2D eigenvalue weighted by Crippen LogP contribution is -2.13. The van der Waals surface area contributed by atoms with Crippen LogP contribution in [0.5, 0.6) is 5.75 Å². The molecule has 1 heterocycles. The zero-order chi connectivity index (χ0) is 18.7. The molecule has 6 heteroatoms. The molecule has 0 saturated carbocycles. The van der Waals surface area contributed by atoms with Crippen molar-refractivity contribution in [3.8, 4) is 11.8 Å². The van der Waals surface area contributed by atoms with E-state index in [1.54, 1.807) is 31.4 Å². The average molecular weight is 363 g/mol. The number of nitriles is 1. The normalized spacial score (nSPS) is 11.2. The van der Waals surface area contributed by atoms with Gasteiger partial charge in [-0.3, -0.25) is 10.1 Å². The summed E-state index contributed by atoms with van der Waals surface area (Å²) in [4.78, 5) is 16.9. The molecular weight excluding hydrogens is 346 g/mol. The first-order valence-corrected chi connectivity index (χ1v) is 8.77. The average Bonchev–Trinajstić information content (AvgIpc) is 3.06. The molecule has 1 aromatic heterocycles. The van der Waals surface area contributed by atoms with Gasteiger partial charge in [0, 0.05) is 0 Å². The van der Waals surface area contributed by atoms with E-state index < -0.39 is 5.91 Å². The number of ether oxygens (including phenoxy) is 1. The molecule has 0 fully saturated rings. The number of carbonyl (C=O) groups excluding carboxylic acids is 1. The lowest BCUT2D eigenvalue weighted by atomic mass is 10.1. The summed E-state index contributed by atoms with van der Waals surface area (Å²) < 4.78 is 6.10. The molecule has 2 aromatic carbocycles. The predicted molar refractivity (Wildman–Crippen MR) is 104 cm³/mol. The maximum absolute atomic E-state index is 12.4. The summed E-state index contributed by atoms with van der Waals surface area (Å²) in [6.45, 7) is 4.03. The van der Waals surface area contributed by atoms with Gasteiger partial charge >= 0.3 is 0 Å². The maximum Gasteiger partial charge on any atom is 0.268 e. The Morgan fingerprint density at radius 3 is 2.62 bits per heavy atom. The van der Waals surface area contributed by atoms with Crippen molar-refractivity contribution < 1.29 is 9.53 Å². The summed E-state index contributed by atoms with van der Waals surface area (Å²) in [5.41, 5.74) is 3.88. The van der Waals surface area contributed by atoms with Crippen molar-refractivity contribution in [3.05, 3.63) is 58.7 Å². The Balaban J connectivity index is 1.84. The van der Waals surface area contributed by atoms with Crippen LogP contribution in [0.3, 0.4) is 0 Å². The Kier molecular flexibility index (Phi) is 5.01. The summed E-state index contributed by atoms with van der Waals surface area (Å²) in [6, 6.07) is 13.1. The number of carbonyl (C=O) groups is 1. The molecule has 0 bridgehead atoms. The van der Waals surface area contributed by atoms with Crippen molar-refractivity contribution in [1.82, 2.24) is 4.98 Å². The first-order chi connectivity index (χ1) is 12.5. The Morgan fingerprint density at radius 2 is 1.96 bits per heavy atom. The van der Waals surface area contributed by atoms with Gasteiger partial charge in [-0.1, -0.05) is 29.5 Å². The van der Waals surface area contributed by atoms with Crippen LogP contribution in [-0.2, 0) is 4.79 Å². The number of thiazole rings is 1. The van der Waals surface area contributed by atoms with Gasteiger partial charge in [0.2, 0.25) is 0 Å². The molecule has 1 amide bonds. The molecule has 0 aliphatic heterocycles. The van der Waals surface area contributed by atoms with Gasteiger partial charge < -0.3 is 4.74 Å². The smallest absolute Gasteiger partial charge is 0.268 e. The zero-order valence-electron chi connectivity index (χ0n) is 14.7. The molecule has 0 atom stereocenters. The monoisotopic (exact) mass is 363 g/mol. The molecule has 0 unspecified atom stereocenters. The molecule has 0 saturated heterocycles. The number of nitrogens with zero attached hydrogens (tertiary/aromatic N) is 2. The largest absolute Gasteiger partial charge is 0.497 e. The van der Waals surface area contributed by atoms with Crippen LogP contribution >= 0.6 is 11.3 Å². The SMILES string of the molecule is COc1ccc(/C=C(\C#N)C(=O)Nc2nc3c(C)c(C)ccc3s2)cc1. The van der Waals surface area contributed by atoms with Gasteiger partial charge in [0.25, 0.3) is 5.91 Å². The van der Waals surface area contributed by atoms with Crippen molar-refractivity contribution in [2.75, 3.05) is 12.4 Å². The summed E-state index contributed by atoms with van der Waals surface area (Å²) in [6.07, 6.45) is 1.54. The van der Waals surface area contributed by atoms with Gasteiger partial charge in [-0.15, -0.1) is 0 Å². The van der Waals surface area contributed by atoms with Crippen molar-refractivity contribution in [2.45, 2.75) is 13.8 Å². The fourth-order valence-corrected chi connectivity index (χ4v) is 3.38. The van der Waals surface area contributed by atoms with Crippen LogP contribution in [0.15, 0.2) is 42.0 Å². The third kappa shape index (κ3) is 3.58. The summed E-state index contributed by atoms with van der Waals surface area (Å²) >= 11 is 1.39. The van der Waals surface area contributed by atoms with E-state index >= 15 is 0 Å². The predicted octanol–water partition coefficient (Wildman–Crippen LogP) is 4.47. The first-order valence-electron chi connectivity index (χ1n) is 7.95. The number of methoxy groups -OCH3 is 1. The molecule has 0 radical (unpaired) electrons. The highest BCUT2D eigenvalue weighted by molar-refractivity contribution is 7.22. The zero-order valence-corrected chi connectivity index (χ0v) is 15.5. The van der Waals surface area contributed by atoms with E-state index in [0.717, 1.165) is 26.9 Å². The number of aryl methyl sites for hydroxylation is 2. The standard InChI is InChI=1S/C20H17N3O2S/c1-12-4-9-17-18(13(12)2)22-20(26-17)23-19(24)15(11-21)10-14-5-7-16(25-3)8-6-14/h4-10H,1-3H3,(H,22,23,24)/b15-10+. The third-order valence-corrected chi connectivity index (χ3v) is 5.03. The summed E-state index contributed by atoms with van der Waals surface area (Å²) in [7, 11) is 1.58. The Morgan fingerprint density at radius 1 is 1.23 bits per heavy atom. The van der Waals surface area contributed by atoms with Crippen molar-refractivity contribution in [1.29, 1.82) is 5.26 Å². The number of aromatic nitrogens is 1. The quantitative estimate of drug-likeness (QED) is 0.548. The van der Waals surface area contributed by atoms with Crippen LogP contribution in [0.1, 0.15) is 16.7 Å². The summed E-state index contributed by atoms with van der Waals surface area (Å²) in [5, 5.41) is 12.5. The number of benzene rings is 2. The highest BCUT2D eigenvalue weighted by Crippen LogP contribution is 2.29. The minimum atomic E-state index is -0.475. The number of anilines is 1. The Hall–Kier alpha value is -3.17. The van der Waals surface area contributed by atoms with E-state index in [9.17, 15) is 10.1 Å². The van der Waals surface area contributed by atoms with Gasteiger partial charge in [0.1, 0.15) is 17.4 Å². The minimum absolute atomic E-state index is 0.0160. The highest BCUT2D eigenvalue weighted by atomic mass is 32.1. The number of rotatable bonds is 4. The molecule has 0 aliphatic rings. The molecule has 3 rings (SSSR count). The number of nitrogens with one attached hydrogen (secondary N) is 1. The van der Waals surface area contributed by atoms with Gasteiger partial charge in [-0.05, 0) is 54.8 Å². The van der Waals surface area contributed by atoms with Crippen LogP contribution < -0.4 is 10.1 Å². The van der Waals surface area contributed by atoms with E-state index in [-0.39, 0.29) is 5.57 Å². The molecule has 5 nitrogen and oxygen atoms in total. The Labute approximate surface area is 155 Å². The van der Waals surface area contributed by atoms with Gasteiger partial charge in [0.15, 0.2) is 5.13 Å². The van der Waals surface area contributed by atoms with Crippen molar-refractivity contribution in [3.63, 3.8) is 0 Å². The van der Waals surface area contributed by atoms with Crippen molar-refractivity contribution in [2.24, 2.45) is 0 Å². The van der Waals surface area contributed by atoms with E-state index in [1.165, 1.54) is 17.4 Å². The van der Waals surface area contributed by atoms with E-state index in [0.29, 0.717) is 10.9 Å². The molecule has 0 spiro atoms. The second kappa shape index (κ2) is 7.38. The molecule has 3 aromatic rings. The molecule has 0 aliphatic carbocycles. The lowest BCUT2D eigenvalue weighted by Gasteiger charge is -2.02. The first kappa shape index (κ1) is 17.6. The van der Waals surface area contributed by atoms with E-state index in [4.69, 9.17) is 4.74 Å². The number of hydrogen-bond donors (Lipinski definition) is 1. The van der Waals surface area contributed by atoms with E-state index in [1.807, 2.05) is 32.0 Å². The van der Waals surface area contributed by atoms with Crippen LogP contribution in [0.2, 0.25) is 0 Å². The van der Waals surface area contributed by atoms with Crippen LogP contribution in [-0.4, -0.2) is 18.0 Å². The van der Waals surface area contributed by atoms with Gasteiger partial charge in [0.05, 0.1) is 17.3 Å². The van der Waals surface area contributed by atoms with Gasteiger partial charge in [-0.2, -0.15) is 5.26 Å². The molecule has 1 N–H and O–H groups in total. The fraction of sp³-hybridized carbons (Fsp3) is 0.150. The van der Waals surface area contributed by atoms with Crippen LogP contribution in [0.4, 0.5) is 5.13 Å². The lowest BCUT2D eigenvalue weighted by molar-refractivity contribution is -0.112. The van der Waals surface area contributed by atoms with Gasteiger partial charge in [-0.25, -0.2) is 4.98 Å². The van der Waals surface area contributed by atoms with Crippen LogP contribution in [0, 0.1) is 25.2 Å². The molecule has 26 heavy (non-hydrogen) atoms. The van der Waals surface area contributed by atoms with Crippen molar-refractivity contribution >= 4 is 38.7 Å². The number of amides is 1. The Bertz CT molecular complexity index is 1040. The third-order valence-electron chi connectivity index (χ3n) is 4.10. The fourth-order valence-electron chi connectivity index (χ4n) is 2.46. The highest BCUT2D eigenvalue weighted by Gasteiger charge is 2.14. The molecule has 130 valence electrons. The van der Waals surface area contributed by atoms with Crippen LogP contribution in [0.25, 0.3) is 16.3 Å². The summed E-state index contributed by atoms with van der Waals surface area (Å²) in [5.74, 6) is 0.238.